The smallest absolute Gasteiger partial charge is 0.0445 e. The molecule has 1 aliphatic carbocycles. The fourth-order valence-corrected chi connectivity index (χ4v) is 1.72. The number of aromatic nitrogens is 1. The van der Waals surface area contributed by atoms with E-state index in [0.29, 0.717) is 6.54 Å². The van der Waals surface area contributed by atoms with Crippen molar-refractivity contribution in [1.82, 2.24) is 4.98 Å². The van der Waals surface area contributed by atoms with Gasteiger partial charge in [0.15, 0.2) is 0 Å². The summed E-state index contributed by atoms with van der Waals surface area (Å²) in [7, 11) is 2.14. The summed E-state index contributed by atoms with van der Waals surface area (Å²) in [5.41, 5.74) is 9.15. The highest BCUT2D eigenvalue weighted by Crippen LogP contribution is 2.32. The number of hydrogen-bond donors (Lipinski definition) is 1. The average molecular weight is 191 g/mol. The van der Waals surface area contributed by atoms with Gasteiger partial charge < -0.3 is 10.6 Å². The van der Waals surface area contributed by atoms with Gasteiger partial charge in [-0.05, 0) is 25.8 Å². The van der Waals surface area contributed by atoms with Gasteiger partial charge in [0.25, 0.3) is 0 Å². The summed E-state index contributed by atoms with van der Waals surface area (Å²) in [6, 6.07) is 2.85. The first kappa shape index (κ1) is 9.46. The molecule has 1 fully saturated rings. The van der Waals surface area contributed by atoms with Crippen LogP contribution in [0.5, 0.6) is 0 Å². The van der Waals surface area contributed by atoms with Crippen molar-refractivity contribution in [1.29, 1.82) is 0 Å². The van der Waals surface area contributed by atoms with Crippen LogP contribution in [0.25, 0.3) is 0 Å². The van der Waals surface area contributed by atoms with Crippen molar-refractivity contribution in [3.8, 4) is 0 Å². The van der Waals surface area contributed by atoms with Crippen molar-refractivity contribution >= 4 is 5.69 Å². The van der Waals surface area contributed by atoms with Crippen LogP contribution in [0.15, 0.2) is 12.3 Å². The van der Waals surface area contributed by atoms with E-state index >= 15 is 0 Å². The third-order valence-corrected chi connectivity index (χ3v) is 2.79. The Labute approximate surface area is 84.9 Å². The van der Waals surface area contributed by atoms with Crippen molar-refractivity contribution in [3.05, 3.63) is 23.5 Å². The zero-order valence-electron chi connectivity index (χ0n) is 8.83. The standard InChI is InChI=1S/C11H17N3/c1-8-5-11(9(6-12)7-13-8)14(2)10-3-4-10/h5,7,10H,3-4,6,12H2,1-2H3. The molecule has 0 saturated heterocycles. The lowest BCUT2D eigenvalue weighted by molar-refractivity contribution is 0.890. The first-order chi connectivity index (χ1) is 6.72. The van der Waals surface area contributed by atoms with Crippen molar-refractivity contribution in [2.24, 2.45) is 5.73 Å². The van der Waals surface area contributed by atoms with Crippen LogP contribution in [0.4, 0.5) is 5.69 Å². The Morgan fingerprint density at radius 1 is 1.57 bits per heavy atom. The van der Waals surface area contributed by atoms with Crippen LogP contribution in [-0.2, 0) is 6.54 Å². The summed E-state index contributed by atoms with van der Waals surface area (Å²) < 4.78 is 0. The molecule has 0 aromatic carbocycles. The molecular weight excluding hydrogens is 174 g/mol. The molecule has 1 aromatic heterocycles. The lowest BCUT2D eigenvalue weighted by Gasteiger charge is -2.21. The summed E-state index contributed by atoms with van der Waals surface area (Å²) >= 11 is 0. The van der Waals surface area contributed by atoms with Crippen molar-refractivity contribution in [2.45, 2.75) is 32.4 Å². The number of aryl methyl sites for hydroxylation is 1. The minimum atomic E-state index is 0.569. The molecule has 0 unspecified atom stereocenters. The molecule has 1 aromatic rings. The Morgan fingerprint density at radius 2 is 2.29 bits per heavy atom. The second-order valence-electron chi connectivity index (χ2n) is 4.00. The van der Waals surface area contributed by atoms with E-state index in [1.807, 2.05) is 13.1 Å². The van der Waals surface area contributed by atoms with Crippen LogP contribution in [0.3, 0.4) is 0 Å². The van der Waals surface area contributed by atoms with Gasteiger partial charge in [-0.1, -0.05) is 0 Å². The van der Waals surface area contributed by atoms with Gasteiger partial charge in [0.1, 0.15) is 0 Å². The number of hydrogen-bond acceptors (Lipinski definition) is 3. The second-order valence-corrected chi connectivity index (χ2v) is 4.00. The molecule has 1 saturated carbocycles. The molecule has 3 nitrogen and oxygen atoms in total. The second kappa shape index (κ2) is 3.58. The van der Waals surface area contributed by atoms with Crippen LogP contribution in [0.2, 0.25) is 0 Å². The highest BCUT2D eigenvalue weighted by Gasteiger charge is 2.27. The first-order valence-electron chi connectivity index (χ1n) is 5.11. The monoisotopic (exact) mass is 191 g/mol. The molecule has 2 rings (SSSR count). The topological polar surface area (TPSA) is 42.1 Å². The van der Waals surface area contributed by atoms with Crippen LogP contribution in [-0.4, -0.2) is 18.1 Å². The van der Waals surface area contributed by atoms with E-state index in [4.69, 9.17) is 5.73 Å². The summed E-state index contributed by atoms with van der Waals surface area (Å²) in [6.07, 6.45) is 4.51. The predicted octanol–water partition coefficient (Wildman–Crippen LogP) is 1.45. The Bertz CT molecular complexity index is 331. The third kappa shape index (κ3) is 1.73. The Kier molecular flexibility index (Phi) is 2.42. The van der Waals surface area contributed by atoms with Crippen LogP contribution < -0.4 is 10.6 Å². The minimum absolute atomic E-state index is 0.569. The molecule has 0 radical (unpaired) electrons. The van der Waals surface area contributed by atoms with Crippen molar-refractivity contribution < 1.29 is 0 Å². The Hall–Kier alpha value is -1.09. The Morgan fingerprint density at radius 3 is 2.86 bits per heavy atom. The summed E-state index contributed by atoms with van der Waals surface area (Å²) in [6.45, 7) is 2.59. The lowest BCUT2D eigenvalue weighted by atomic mass is 10.2. The SMILES string of the molecule is Cc1cc(N(C)C2CC2)c(CN)cn1. The highest BCUT2D eigenvalue weighted by atomic mass is 15.2. The molecule has 3 heteroatoms. The summed E-state index contributed by atoms with van der Waals surface area (Å²) in [4.78, 5) is 6.60. The van der Waals surface area contributed by atoms with Crippen LogP contribution >= 0.6 is 0 Å². The molecule has 0 bridgehead atoms. The van der Waals surface area contributed by atoms with Crippen molar-refractivity contribution in [2.75, 3.05) is 11.9 Å². The number of pyridine rings is 1. The molecule has 1 heterocycles. The quantitative estimate of drug-likeness (QED) is 0.786. The molecule has 0 aliphatic heterocycles. The van der Waals surface area contributed by atoms with Gasteiger partial charge >= 0.3 is 0 Å². The fraction of sp³-hybridized carbons (Fsp3) is 0.545. The van der Waals surface area contributed by atoms with Gasteiger partial charge in [-0.2, -0.15) is 0 Å². The fourth-order valence-electron chi connectivity index (χ4n) is 1.72. The van der Waals surface area contributed by atoms with E-state index < -0.39 is 0 Å². The van der Waals surface area contributed by atoms with Gasteiger partial charge in [0.05, 0.1) is 0 Å². The largest absolute Gasteiger partial charge is 0.371 e. The predicted molar refractivity (Wildman–Crippen MR) is 58.3 cm³/mol. The number of rotatable bonds is 3. The van der Waals surface area contributed by atoms with Crippen LogP contribution in [0.1, 0.15) is 24.1 Å². The zero-order chi connectivity index (χ0) is 10.1. The number of anilines is 1. The van der Waals surface area contributed by atoms with Gasteiger partial charge in [-0.15, -0.1) is 0 Å². The molecule has 0 amide bonds. The van der Waals surface area contributed by atoms with Gasteiger partial charge in [-0.3, -0.25) is 4.98 Å². The maximum absolute atomic E-state index is 5.69. The lowest BCUT2D eigenvalue weighted by Crippen LogP contribution is -2.22. The third-order valence-electron chi connectivity index (χ3n) is 2.79. The normalized spacial score (nSPS) is 15.6. The first-order valence-corrected chi connectivity index (χ1v) is 5.11. The highest BCUT2D eigenvalue weighted by molar-refractivity contribution is 5.54. The molecule has 0 atom stereocenters. The molecular formula is C11H17N3. The number of nitrogens with zero attached hydrogens (tertiary/aromatic N) is 2. The maximum Gasteiger partial charge on any atom is 0.0445 e. The van der Waals surface area contributed by atoms with E-state index in [1.165, 1.54) is 18.5 Å². The zero-order valence-corrected chi connectivity index (χ0v) is 8.83. The van der Waals surface area contributed by atoms with E-state index in [2.05, 4.69) is 23.0 Å². The summed E-state index contributed by atoms with van der Waals surface area (Å²) in [5.74, 6) is 0. The Balaban J connectivity index is 2.32. The van der Waals surface area contributed by atoms with Gasteiger partial charge in [-0.25, -0.2) is 0 Å². The van der Waals surface area contributed by atoms with Gasteiger partial charge in [0, 0.05) is 42.8 Å². The van der Waals surface area contributed by atoms with E-state index in [0.717, 1.165) is 17.3 Å². The summed E-state index contributed by atoms with van der Waals surface area (Å²) in [5, 5.41) is 0. The molecule has 76 valence electrons. The molecule has 14 heavy (non-hydrogen) atoms. The van der Waals surface area contributed by atoms with E-state index in [1.54, 1.807) is 0 Å². The average Bonchev–Trinajstić information content (AvgIpc) is 3.00. The van der Waals surface area contributed by atoms with Crippen molar-refractivity contribution in [3.63, 3.8) is 0 Å². The molecule has 2 N–H and O–H groups in total. The van der Waals surface area contributed by atoms with Crippen LogP contribution in [0, 0.1) is 6.92 Å². The van der Waals surface area contributed by atoms with Gasteiger partial charge in [0.2, 0.25) is 0 Å². The molecule has 0 spiro atoms. The maximum atomic E-state index is 5.69. The molecule has 1 aliphatic rings. The van der Waals surface area contributed by atoms with E-state index in [-0.39, 0.29) is 0 Å². The minimum Gasteiger partial charge on any atom is -0.371 e. The number of nitrogens with two attached hydrogens (primary N) is 1. The van der Waals surface area contributed by atoms with E-state index in [9.17, 15) is 0 Å².